The van der Waals surface area contributed by atoms with E-state index < -0.39 is 10.1 Å². The van der Waals surface area contributed by atoms with Gasteiger partial charge in [-0.15, -0.1) is 0 Å². The number of urea groups is 1. The summed E-state index contributed by atoms with van der Waals surface area (Å²) in [6.07, 6.45) is 3.31. The van der Waals surface area contributed by atoms with Gasteiger partial charge in [0, 0.05) is 46.0 Å². The number of aromatic nitrogens is 2. The molecule has 0 unspecified atom stereocenters. The minimum absolute atomic E-state index is 0.0183. The molecule has 35 heavy (non-hydrogen) atoms. The average Bonchev–Trinajstić information content (AvgIpc) is 3.32. The lowest BCUT2D eigenvalue weighted by atomic mass is 10.2. The van der Waals surface area contributed by atoms with Gasteiger partial charge in [-0.3, -0.25) is 9.45 Å². The van der Waals surface area contributed by atoms with Crippen LogP contribution in [0.3, 0.4) is 0 Å². The van der Waals surface area contributed by atoms with E-state index in [-0.39, 0.29) is 10.9 Å². The van der Waals surface area contributed by atoms with E-state index in [9.17, 15) is 13.2 Å². The molecular formula is C22H25N7O4S2. The maximum Gasteiger partial charge on any atom is 0.317 e. The van der Waals surface area contributed by atoms with Crippen LogP contribution in [0.25, 0.3) is 0 Å². The largest absolute Gasteiger partial charge is 0.341 e. The zero-order valence-corrected chi connectivity index (χ0v) is 20.6. The third kappa shape index (κ3) is 8.01. The van der Waals surface area contributed by atoms with Crippen LogP contribution < -0.4 is 10.6 Å². The molecule has 1 aliphatic rings. The highest BCUT2D eigenvalue weighted by molar-refractivity contribution is 7.85. The van der Waals surface area contributed by atoms with E-state index in [1.165, 1.54) is 23.5 Å². The van der Waals surface area contributed by atoms with Crippen molar-refractivity contribution in [2.75, 3.05) is 38.5 Å². The average molecular weight is 516 g/mol. The van der Waals surface area contributed by atoms with E-state index in [0.717, 1.165) is 38.3 Å². The van der Waals surface area contributed by atoms with E-state index in [1.54, 1.807) is 37.6 Å². The molecule has 1 aromatic carbocycles. The number of hydrogen-bond acceptors (Lipinski definition) is 9. The van der Waals surface area contributed by atoms with Gasteiger partial charge in [-0.25, -0.2) is 14.8 Å². The molecular weight excluding hydrogens is 490 g/mol. The standard InChI is InChI=1S/C16H19N7OS.C6H6O3S/c1-18-16(24)23-6-4-22(5-7-23)11-12-2-3-19-14(8-12)21-15-20-10-13(9-17)25-15;7-10(8,9)6-4-2-1-3-5-6/h2-3,8,10H,4-7,11H2,1H3,(H,18,24)(H,19,20,21);1-5H,(H,7,8,9). The lowest BCUT2D eigenvalue weighted by Crippen LogP contribution is -2.50. The number of carbonyl (C=O) groups is 1. The molecule has 0 saturated carbocycles. The summed E-state index contributed by atoms with van der Waals surface area (Å²) < 4.78 is 29.2. The highest BCUT2D eigenvalue weighted by atomic mass is 32.2. The summed E-state index contributed by atoms with van der Waals surface area (Å²) in [6, 6.07) is 13.4. The molecule has 0 spiro atoms. The first-order valence-electron chi connectivity index (χ1n) is 10.6. The Morgan fingerprint density at radius 2 is 1.89 bits per heavy atom. The monoisotopic (exact) mass is 515 g/mol. The number of anilines is 2. The van der Waals surface area contributed by atoms with Gasteiger partial charge < -0.3 is 15.5 Å². The summed E-state index contributed by atoms with van der Waals surface area (Å²) >= 11 is 1.30. The highest BCUT2D eigenvalue weighted by Crippen LogP contribution is 2.21. The molecule has 1 fully saturated rings. The van der Waals surface area contributed by atoms with Crippen LogP contribution in [0.2, 0.25) is 0 Å². The maximum absolute atomic E-state index is 11.6. The van der Waals surface area contributed by atoms with Crippen molar-refractivity contribution < 1.29 is 17.8 Å². The van der Waals surface area contributed by atoms with Gasteiger partial charge in [0.1, 0.15) is 16.8 Å². The van der Waals surface area contributed by atoms with Gasteiger partial charge in [-0.05, 0) is 29.8 Å². The maximum atomic E-state index is 11.6. The summed E-state index contributed by atoms with van der Waals surface area (Å²) in [4.78, 5) is 24.7. The number of pyridine rings is 1. The fraction of sp³-hybridized carbons (Fsp3) is 0.273. The summed E-state index contributed by atoms with van der Waals surface area (Å²) in [5.41, 5.74) is 1.14. The Morgan fingerprint density at radius 3 is 2.46 bits per heavy atom. The lowest BCUT2D eigenvalue weighted by Gasteiger charge is -2.34. The van der Waals surface area contributed by atoms with Crippen LogP contribution in [0.4, 0.5) is 15.7 Å². The van der Waals surface area contributed by atoms with Crippen molar-refractivity contribution in [3.05, 3.63) is 65.3 Å². The van der Waals surface area contributed by atoms with E-state index in [2.05, 4.69) is 31.6 Å². The number of nitrogens with zero attached hydrogens (tertiary/aromatic N) is 5. The van der Waals surface area contributed by atoms with Crippen LogP contribution in [-0.4, -0.2) is 72.0 Å². The number of rotatable bonds is 5. The molecule has 0 atom stereocenters. The molecule has 2 aromatic heterocycles. The zero-order chi connectivity index (χ0) is 25.3. The summed E-state index contributed by atoms with van der Waals surface area (Å²) in [5.74, 6) is 0.709. The number of thiazole rings is 1. The minimum atomic E-state index is -4.00. The molecule has 3 aromatic rings. The molecule has 2 amide bonds. The molecule has 0 aliphatic carbocycles. The second-order valence-corrected chi connectivity index (χ2v) is 9.87. The Balaban J connectivity index is 0.000000287. The topological polar surface area (TPSA) is 152 Å². The first-order valence-corrected chi connectivity index (χ1v) is 12.8. The van der Waals surface area contributed by atoms with E-state index in [0.29, 0.717) is 15.8 Å². The Hall–Kier alpha value is -3.57. The Bertz CT molecular complexity index is 1270. The normalized spacial score (nSPS) is 13.8. The van der Waals surface area contributed by atoms with Crippen molar-refractivity contribution in [1.82, 2.24) is 25.1 Å². The number of nitrogens with one attached hydrogen (secondary N) is 2. The molecule has 0 radical (unpaired) electrons. The first kappa shape index (κ1) is 26.0. The van der Waals surface area contributed by atoms with Gasteiger partial charge in [-0.1, -0.05) is 29.5 Å². The quantitative estimate of drug-likeness (QED) is 0.435. The van der Waals surface area contributed by atoms with Crippen LogP contribution in [0.1, 0.15) is 10.4 Å². The zero-order valence-electron chi connectivity index (χ0n) is 19.0. The SMILES string of the molecule is CNC(=O)N1CCN(Cc2ccnc(Nc3ncc(C#N)s3)c2)CC1.O=S(=O)(O)c1ccccc1. The van der Waals surface area contributed by atoms with Crippen molar-refractivity contribution in [3.63, 3.8) is 0 Å². The van der Waals surface area contributed by atoms with Crippen LogP contribution >= 0.6 is 11.3 Å². The predicted molar refractivity (Wildman–Crippen MR) is 132 cm³/mol. The molecule has 11 nitrogen and oxygen atoms in total. The third-order valence-electron chi connectivity index (χ3n) is 5.00. The van der Waals surface area contributed by atoms with Crippen LogP contribution in [0.5, 0.6) is 0 Å². The van der Waals surface area contributed by atoms with Gasteiger partial charge in [0.05, 0.1) is 11.1 Å². The Morgan fingerprint density at radius 1 is 1.17 bits per heavy atom. The molecule has 3 heterocycles. The second kappa shape index (κ2) is 12.2. The van der Waals surface area contributed by atoms with Gasteiger partial charge in [-0.2, -0.15) is 13.7 Å². The minimum Gasteiger partial charge on any atom is -0.341 e. The predicted octanol–water partition coefficient (Wildman–Crippen LogP) is 2.54. The molecule has 0 bridgehead atoms. The van der Waals surface area contributed by atoms with Gasteiger partial charge in [0.2, 0.25) is 0 Å². The van der Waals surface area contributed by atoms with Crippen LogP contribution in [0.15, 0.2) is 59.8 Å². The molecule has 3 N–H and O–H groups in total. The van der Waals surface area contributed by atoms with Gasteiger partial charge in [0.25, 0.3) is 10.1 Å². The number of hydrogen-bond donors (Lipinski definition) is 3. The summed E-state index contributed by atoms with van der Waals surface area (Å²) in [5, 5.41) is 15.3. The van der Waals surface area contributed by atoms with Crippen LogP contribution in [0, 0.1) is 11.3 Å². The van der Waals surface area contributed by atoms with Crippen molar-refractivity contribution in [3.8, 4) is 6.07 Å². The number of benzene rings is 1. The smallest absolute Gasteiger partial charge is 0.317 e. The van der Waals surface area contributed by atoms with Crippen LogP contribution in [-0.2, 0) is 16.7 Å². The van der Waals surface area contributed by atoms with Crippen molar-refractivity contribution in [2.45, 2.75) is 11.4 Å². The summed E-state index contributed by atoms with van der Waals surface area (Å²) in [6.45, 7) is 3.95. The number of carbonyl (C=O) groups excluding carboxylic acids is 1. The Kier molecular flexibility index (Phi) is 9.10. The fourth-order valence-electron chi connectivity index (χ4n) is 3.25. The van der Waals surface area contributed by atoms with Crippen molar-refractivity contribution in [2.24, 2.45) is 0 Å². The summed E-state index contributed by atoms with van der Waals surface area (Å²) in [7, 11) is -2.35. The van der Waals surface area contributed by atoms with Gasteiger partial charge >= 0.3 is 6.03 Å². The van der Waals surface area contributed by atoms with E-state index in [1.807, 2.05) is 17.0 Å². The van der Waals surface area contributed by atoms with Crippen molar-refractivity contribution >= 4 is 38.4 Å². The van der Waals surface area contributed by atoms with E-state index >= 15 is 0 Å². The number of piperazine rings is 1. The Labute approximate surface area is 207 Å². The molecule has 1 saturated heterocycles. The molecule has 13 heteroatoms. The highest BCUT2D eigenvalue weighted by Gasteiger charge is 2.20. The van der Waals surface area contributed by atoms with Crippen molar-refractivity contribution in [1.29, 1.82) is 5.26 Å². The molecule has 4 rings (SSSR count). The van der Waals surface area contributed by atoms with Gasteiger partial charge in [0.15, 0.2) is 5.13 Å². The van der Waals surface area contributed by atoms with E-state index in [4.69, 9.17) is 9.81 Å². The number of nitriles is 1. The third-order valence-corrected chi connectivity index (χ3v) is 6.68. The molecule has 184 valence electrons. The second-order valence-electron chi connectivity index (χ2n) is 7.42. The lowest BCUT2D eigenvalue weighted by molar-refractivity contribution is 0.136. The number of amides is 2. The fourth-order valence-corrected chi connectivity index (χ4v) is 4.37. The molecule has 1 aliphatic heterocycles. The first-order chi connectivity index (χ1) is 16.8.